The molecule has 7 nitrogen and oxygen atoms in total. The van der Waals surface area contributed by atoms with E-state index in [9.17, 15) is 9.90 Å². The van der Waals surface area contributed by atoms with Crippen LogP contribution in [0.5, 0.6) is 0 Å². The second kappa shape index (κ2) is 3.06. The number of nitrogens with two attached hydrogens (primary N) is 1. The van der Waals surface area contributed by atoms with Crippen LogP contribution in [0.25, 0.3) is 0 Å². The molecule has 80 valence electrons. The summed E-state index contributed by atoms with van der Waals surface area (Å²) in [6, 6.07) is 1.52. The fourth-order valence-electron chi connectivity index (χ4n) is 1.52. The minimum atomic E-state index is -1.23. The van der Waals surface area contributed by atoms with Crippen LogP contribution in [0.4, 0.5) is 10.7 Å². The van der Waals surface area contributed by atoms with Gasteiger partial charge in [0.1, 0.15) is 5.60 Å². The zero-order valence-corrected chi connectivity index (χ0v) is 7.79. The van der Waals surface area contributed by atoms with Gasteiger partial charge in [0.2, 0.25) is 5.95 Å². The highest BCUT2D eigenvalue weighted by atomic mass is 16.4. The van der Waals surface area contributed by atoms with Crippen LogP contribution in [0.2, 0.25) is 0 Å². The Morgan fingerprint density at radius 1 is 1.60 bits per heavy atom. The molecule has 1 fully saturated rings. The maximum absolute atomic E-state index is 10.5. The number of carbonyl (C=O) groups is 1. The molecule has 0 saturated carbocycles. The molecular weight excluding hydrogens is 200 g/mol. The summed E-state index contributed by atoms with van der Waals surface area (Å²) < 4.78 is 0. The summed E-state index contributed by atoms with van der Waals surface area (Å²) in [5.41, 5.74) is 4.49. The van der Waals surface area contributed by atoms with E-state index in [0.717, 1.165) is 4.90 Å². The molecule has 0 radical (unpaired) electrons. The number of aromatic nitrogens is 2. The molecule has 15 heavy (non-hydrogen) atoms. The van der Waals surface area contributed by atoms with Crippen molar-refractivity contribution in [3.05, 3.63) is 18.0 Å². The highest BCUT2D eigenvalue weighted by Gasteiger charge is 2.46. The van der Waals surface area contributed by atoms with E-state index in [0.29, 0.717) is 5.69 Å². The zero-order valence-electron chi connectivity index (χ0n) is 7.79. The first-order chi connectivity index (χ1) is 7.01. The van der Waals surface area contributed by atoms with E-state index in [2.05, 4.69) is 9.97 Å². The number of amides is 1. The standard InChI is InChI=1S/C8H10N4O3/c9-6-10-2-1-5(11-6)8(15)3-12(4-8)7(13)14/h1-2,15H,3-4H2,(H,13,14)(H2,9,10,11). The average molecular weight is 210 g/mol. The van der Waals surface area contributed by atoms with Crippen molar-refractivity contribution in [2.24, 2.45) is 0 Å². The molecule has 1 aromatic heterocycles. The van der Waals surface area contributed by atoms with Gasteiger partial charge in [0.25, 0.3) is 0 Å². The van der Waals surface area contributed by atoms with Crippen LogP contribution in [0.15, 0.2) is 12.3 Å². The van der Waals surface area contributed by atoms with E-state index in [-0.39, 0.29) is 19.0 Å². The van der Waals surface area contributed by atoms with Crippen molar-refractivity contribution in [1.29, 1.82) is 0 Å². The monoisotopic (exact) mass is 210 g/mol. The largest absolute Gasteiger partial charge is 0.465 e. The second-order valence-corrected chi connectivity index (χ2v) is 3.47. The molecule has 1 aliphatic heterocycles. The summed E-state index contributed by atoms with van der Waals surface area (Å²) in [5.74, 6) is 0.0645. The SMILES string of the molecule is Nc1nccc(C2(O)CN(C(=O)O)C2)n1. The van der Waals surface area contributed by atoms with Crippen LogP contribution in [-0.2, 0) is 5.60 Å². The fourth-order valence-corrected chi connectivity index (χ4v) is 1.52. The third-order valence-electron chi connectivity index (χ3n) is 2.33. The zero-order chi connectivity index (χ0) is 11.1. The molecule has 2 rings (SSSR count). The van der Waals surface area contributed by atoms with Crippen molar-refractivity contribution >= 4 is 12.0 Å². The summed E-state index contributed by atoms with van der Waals surface area (Å²) in [6.07, 6.45) is 0.376. The Morgan fingerprint density at radius 2 is 2.27 bits per heavy atom. The minimum absolute atomic E-state index is 0.0127. The summed E-state index contributed by atoms with van der Waals surface area (Å²) in [4.78, 5) is 19.2. The van der Waals surface area contributed by atoms with E-state index in [1.165, 1.54) is 12.3 Å². The van der Waals surface area contributed by atoms with Gasteiger partial charge in [-0.15, -0.1) is 0 Å². The third-order valence-corrected chi connectivity index (χ3v) is 2.33. The lowest BCUT2D eigenvalue weighted by Crippen LogP contribution is -2.61. The normalized spacial score (nSPS) is 18.3. The minimum Gasteiger partial charge on any atom is -0.465 e. The van der Waals surface area contributed by atoms with Crippen molar-refractivity contribution in [2.45, 2.75) is 5.60 Å². The van der Waals surface area contributed by atoms with Gasteiger partial charge in [0.15, 0.2) is 0 Å². The first-order valence-electron chi connectivity index (χ1n) is 4.30. The van der Waals surface area contributed by atoms with Crippen LogP contribution < -0.4 is 5.73 Å². The highest BCUT2D eigenvalue weighted by Crippen LogP contribution is 2.30. The van der Waals surface area contributed by atoms with E-state index >= 15 is 0 Å². The lowest BCUT2D eigenvalue weighted by Gasteiger charge is -2.44. The Balaban J connectivity index is 2.16. The maximum atomic E-state index is 10.5. The molecular formula is C8H10N4O3. The van der Waals surface area contributed by atoms with Crippen LogP contribution in [0, 0.1) is 0 Å². The number of rotatable bonds is 1. The van der Waals surface area contributed by atoms with Crippen molar-refractivity contribution in [3.63, 3.8) is 0 Å². The number of β-amino-alcohol motifs (C(OH)–C–C–N with tert-alkyl or cyclic N) is 1. The lowest BCUT2D eigenvalue weighted by atomic mass is 9.91. The molecule has 0 spiro atoms. The number of anilines is 1. The van der Waals surface area contributed by atoms with Gasteiger partial charge in [-0.2, -0.15) is 0 Å². The van der Waals surface area contributed by atoms with Gasteiger partial charge in [-0.3, -0.25) is 0 Å². The van der Waals surface area contributed by atoms with Crippen LogP contribution in [0.1, 0.15) is 5.69 Å². The molecule has 7 heteroatoms. The Bertz CT molecular complexity index is 403. The van der Waals surface area contributed by atoms with E-state index in [1.54, 1.807) is 0 Å². The van der Waals surface area contributed by atoms with Crippen molar-refractivity contribution in [2.75, 3.05) is 18.8 Å². The number of nitrogen functional groups attached to an aromatic ring is 1. The summed E-state index contributed by atoms with van der Waals surface area (Å²) in [6.45, 7) is 0.0254. The van der Waals surface area contributed by atoms with Gasteiger partial charge in [-0.05, 0) is 6.07 Å². The molecule has 1 amide bonds. The molecule has 4 N–H and O–H groups in total. The molecule has 0 unspecified atom stereocenters. The van der Waals surface area contributed by atoms with Gasteiger partial charge in [-0.1, -0.05) is 0 Å². The molecule has 0 atom stereocenters. The third kappa shape index (κ3) is 1.57. The Kier molecular flexibility index (Phi) is 1.97. The summed E-state index contributed by atoms with van der Waals surface area (Å²) >= 11 is 0. The molecule has 0 aliphatic carbocycles. The molecule has 1 aliphatic rings. The average Bonchev–Trinajstić information content (AvgIpc) is 2.12. The van der Waals surface area contributed by atoms with Gasteiger partial charge >= 0.3 is 6.09 Å². The van der Waals surface area contributed by atoms with Crippen LogP contribution in [0.3, 0.4) is 0 Å². The number of hydrogen-bond donors (Lipinski definition) is 3. The predicted molar refractivity (Wildman–Crippen MR) is 49.9 cm³/mol. The van der Waals surface area contributed by atoms with Gasteiger partial charge in [0, 0.05) is 6.20 Å². The Hall–Kier alpha value is -1.89. The van der Waals surface area contributed by atoms with Crippen LogP contribution in [-0.4, -0.2) is 44.3 Å². The van der Waals surface area contributed by atoms with Gasteiger partial charge in [-0.25, -0.2) is 14.8 Å². The van der Waals surface area contributed by atoms with Crippen molar-refractivity contribution < 1.29 is 15.0 Å². The summed E-state index contributed by atoms with van der Waals surface area (Å²) in [7, 11) is 0. The molecule has 0 bridgehead atoms. The smallest absolute Gasteiger partial charge is 0.407 e. The number of nitrogens with zero attached hydrogens (tertiary/aromatic N) is 3. The van der Waals surface area contributed by atoms with E-state index < -0.39 is 11.7 Å². The quantitative estimate of drug-likeness (QED) is 0.561. The molecule has 0 aromatic carbocycles. The first kappa shape index (κ1) is 9.66. The van der Waals surface area contributed by atoms with Crippen molar-refractivity contribution in [3.8, 4) is 0 Å². The first-order valence-corrected chi connectivity index (χ1v) is 4.30. The highest BCUT2D eigenvalue weighted by molar-refractivity contribution is 5.66. The van der Waals surface area contributed by atoms with Gasteiger partial charge in [0.05, 0.1) is 18.8 Å². The van der Waals surface area contributed by atoms with E-state index in [1.807, 2.05) is 0 Å². The fraction of sp³-hybridized carbons (Fsp3) is 0.375. The van der Waals surface area contributed by atoms with Gasteiger partial charge < -0.3 is 20.8 Å². The maximum Gasteiger partial charge on any atom is 0.407 e. The molecule has 2 heterocycles. The molecule has 1 aromatic rings. The molecule has 1 saturated heterocycles. The number of hydrogen-bond acceptors (Lipinski definition) is 5. The predicted octanol–water partition coefficient (Wildman–Crippen LogP) is -0.760. The van der Waals surface area contributed by atoms with E-state index in [4.69, 9.17) is 10.8 Å². The topological polar surface area (TPSA) is 113 Å². The second-order valence-electron chi connectivity index (χ2n) is 3.47. The summed E-state index contributed by atoms with van der Waals surface area (Å²) in [5, 5.41) is 18.6. The van der Waals surface area contributed by atoms with Crippen LogP contribution >= 0.6 is 0 Å². The number of carboxylic acid groups (broad SMARTS) is 1. The lowest BCUT2D eigenvalue weighted by molar-refractivity contribution is -0.0926. The Labute approximate surface area is 85.2 Å². The number of aliphatic hydroxyl groups is 1. The Morgan fingerprint density at radius 3 is 2.80 bits per heavy atom. The van der Waals surface area contributed by atoms with Crippen molar-refractivity contribution in [1.82, 2.24) is 14.9 Å². The number of likely N-dealkylation sites (tertiary alicyclic amines) is 1.